The van der Waals surface area contributed by atoms with Gasteiger partial charge in [0, 0.05) is 12.0 Å². The van der Waals surface area contributed by atoms with Gasteiger partial charge in [-0.25, -0.2) is 4.98 Å². The third-order valence-electron chi connectivity index (χ3n) is 2.57. The quantitative estimate of drug-likeness (QED) is 0.588. The molecule has 1 aromatic rings. The van der Waals surface area contributed by atoms with Gasteiger partial charge in [-0.05, 0) is 6.42 Å². The van der Waals surface area contributed by atoms with Crippen molar-refractivity contribution in [2.45, 2.75) is 32.2 Å². The lowest BCUT2D eigenvalue weighted by atomic mass is 9.92. The van der Waals surface area contributed by atoms with E-state index in [-0.39, 0.29) is 5.41 Å². The standard InChI is InChI=1S/C9H12N2O/c1-9(2)3-4-11-7(6-12)5-10-8(9)11/h5-6H,3-4H2,1-2H3. The largest absolute Gasteiger partial charge is 0.325 e. The van der Waals surface area contributed by atoms with E-state index < -0.39 is 0 Å². The molecule has 2 rings (SSSR count). The van der Waals surface area contributed by atoms with E-state index in [0.717, 1.165) is 25.1 Å². The minimum absolute atomic E-state index is 0.140. The molecule has 1 aromatic heterocycles. The second-order valence-electron chi connectivity index (χ2n) is 3.91. The molecule has 0 spiro atoms. The molecule has 0 aromatic carbocycles. The lowest BCUT2D eigenvalue weighted by Gasteiger charge is -2.13. The van der Waals surface area contributed by atoms with Crippen molar-refractivity contribution in [3.63, 3.8) is 0 Å². The molecule has 2 heterocycles. The van der Waals surface area contributed by atoms with Gasteiger partial charge in [0.1, 0.15) is 11.5 Å². The molecular weight excluding hydrogens is 152 g/mol. The number of imidazole rings is 1. The van der Waals surface area contributed by atoms with Crippen LogP contribution in [-0.4, -0.2) is 15.8 Å². The van der Waals surface area contributed by atoms with Crippen LogP contribution in [0.1, 0.15) is 36.6 Å². The number of rotatable bonds is 1. The van der Waals surface area contributed by atoms with Crippen molar-refractivity contribution in [1.29, 1.82) is 0 Å². The lowest BCUT2D eigenvalue weighted by Crippen LogP contribution is -2.13. The molecule has 0 atom stereocenters. The second-order valence-corrected chi connectivity index (χ2v) is 3.91. The number of hydrogen-bond acceptors (Lipinski definition) is 2. The van der Waals surface area contributed by atoms with E-state index in [4.69, 9.17) is 0 Å². The lowest BCUT2D eigenvalue weighted by molar-refractivity contribution is 0.111. The smallest absolute Gasteiger partial charge is 0.168 e. The summed E-state index contributed by atoms with van der Waals surface area (Å²) in [6.07, 6.45) is 3.61. The Hall–Kier alpha value is -1.12. The highest BCUT2D eigenvalue weighted by Crippen LogP contribution is 2.33. The summed E-state index contributed by atoms with van der Waals surface area (Å²) in [7, 11) is 0. The first-order valence-electron chi connectivity index (χ1n) is 4.16. The zero-order chi connectivity index (χ0) is 8.77. The van der Waals surface area contributed by atoms with Crippen LogP contribution < -0.4 is 0 Å². The zero-order valence-corrected chi connectivity index (χ0v) is 7.37. The normalized spacial score (nSPS) is 19.2. The summed E-state index contributed by atoms with van der Waals surface area (Å²) in [4.78, 5) is 14.8. The van der Waals surface area contributed by atoms with E-state index in [1.807, 2.05) is 4.57 Å². The minimum atomic E-state index is 0.140. The Morgan fingerprint density at radius 2 is 2.42 bits per heavy atom. The Kier molecular flexibility index (Phi) is 1.37. The predicted octanol–water partition coefficient (Wildman–Crippen LogP) is 1.38. The minimum Gasteiger partial charge on any atom is -0.325 e. The second kappa shape index (κ2) is 2.19. The Morgan fingerprint density at radius 1 is 1.67 bits per heavy atom. The van der Waals surface area contributed by atoms with Gasteiger partial charge in [-0.3, -0.25) is 4.79 Å². The van der Waals surface area contributed by atoms with Crippen molar-refractivity contribution in [2.75, 3.05) is 0 Å². The van der Waals surface area contributed by atoms with E-state index in [1.165, 1.54) is 0 Å². The first kappa shape index (κ1) is 7.53. The molecule has 0 saturated heterocycles. The van der Waals surface area contributed by atoms with Crippen LogP contribution in [-0.2, 0) is 12.0 Å². The summed E-state index contributed by atoms with van der Waals surface area (Å²) >= 11 is 0. The van der Waals surface area contributed by atoms with Crippen molar-refractivity contribution in [2.24, 2.45) is 0 Å². The average Bonchev–Trinajstić information content (AvgIpc) is 2.53. The van der Waals surface area contributed by atoms with Gasteiger partial charge in [0.2, 0.25) is 0 Å². The van der Waals surface area contributed by atoms with E-state index in [9.17, 15) is 4.79 Å². The maximum absolute atomic E-state index is 10.6. The Balaban J connectivity index is 2.55. The fraction of sp³-hybridized carbons (Fsp3) is 0.556. The number of carbonyl (C=O) groups is 1. The number of nitrogens with zero attached hydrogens (tertiary/aromatic N) is 2. The van der Waals surface area contributed by atoms with Crippen LogP contribution in [0.4, 0.5) is 0 Å². The van der Waals surface area contributed by atoms with Crippen molar-refractivity contribution in [3.05, 3.63) is 17.7 Å². The molecular formula is C9H12N2O. The van der Waals surface area contributed by atoms with E-state index in [1.54, 1.807) is 6.20 Å². The van der Waals surface area contributed by atoms with Crippen LogP contribution >= 0.6 is 0 Å². The predicted molar refractivity (Wildman–Crippen MR) is 45.3 cm³/mol. The molecule has 0 unspecified atom stereocenters. The highest BCUT2D eigenvalue weighted by Gasteiger charge is 2.32. The molecule has 0 amide bonds. The number of aldehydes is 1. The summed E-state index contributed by atoms with van der Waals surface area (Å²) < 4.78 is 2.01. The molecule has 0 saturated carbocycles. The van der Waals surface area contributed by atoms with Crippen LogP contribution in [0.3, 0.4) is 0 Å². The fourth-order valence-corrected chi connectivity index (χ4v) is 1.76. The molecule has 1 aliphatic rings. The van der Waals surface area contributed by atoms with Crippen LogP contribution in [0, 0.1) is 0 Å². The third kappa shape index (κ3) is 0.823. The Bertz CT molecular complexity index is 325. The van der Waals surface area contributed by atoms with Crippen LogP contribution in [0.2, 0.25) is 0 Å². The first-order chi connectivity index (χ1) is 5.65. The maximum atomic E-state index is 10.6. The van der Waals surface area contributed by atoms with Crippen LogP contribution in [0.25, 0.3) is 0 Å². The van der Waals surface area contributed by atoms with Crippen molar-refractivity contribution in [1.82, 2.24) is 9.55 Å². The van der Waals surface area contributed by atoms with Gasteiger partial charge >= 0.3 is 0 Å². The van der Waals surface area contributed by atoms with Crippen LogP contribution in [0.5, 0.6) is 0 Å². The summed E-state index contributed by atoms with van der Waals surface area (Å²) in [5, 5.41) is 0. The van der Waals surface area contributed by atoms with Gasteiger partial charge in [0.05, 0.1) is 6.20 Å². The van der Waals surface area contributed by atoms with E-state index in [0.29, 0.717) is 5.69 Å². The van der Waals surface area contributed by atoms with Crippen molar-refractivity contribution < 1.29 is 4.79 Å². The summed E-state index contributed by atoms with van der Waals surface area (Å²) in [5.74, 6) is 1.05. The van der Waals surface area contributed by atoms with Gasteiger partial charge in [0.15, 0.2) is 6.29 Å². The highest BCUT2D eigenvalue weighted by atomic mass is 16.1. The molecule has 0 aliphatic carbocycles. The average molecular weight is 164 g/mol. The third-order valence-corrected chi connectivity index (χ3v) is 2.57. The zero-order valence-electron chi connectivity index (χ0n) is 7.37. The first-order valence-corrected chi connectivity index (χ1v) is 4.16. The van der Waals surface area contributed by atoms with Gasteiger partial charge in [-0.15, -0.1) is 0 Å². The summed E-state index contributed by atoms with van der Waals surface area (Å²) in [5.41, 5.74) is 0.844. The van der Waals surface area contributed by atoms with Gasteiger partial charge in [-0.1, -0.05) is 13.8 Å². The molecule has 3 nitrogen and oxygen atoms in total. The number of fused-ring (bicyclic) bond motifs is 1. The summed E-state index contributed by atoms with van der Waals surface area (Å²) in [6.45, 7) is 5.25. The fourth-order valence-electron chi connectivity index (χ4n) is 1.76. The van der Waals surface area contributed by atoms with Crippen LogP contribution in [0.15, 0.2) is 6.20 Å². The molecule has 0 fully saturated rings. The molecule has 0 bridgehead atoms. The Morgan fingerprint density at radius 3 is 3.08 bits per heavy atom. The molecule has 0 radical (unpaired) electrons. The molecule has 3 heteroatoms. The topological polar surface area (TPSA) is 34.9 Å². The number of hydrogen-bond donors (Lipinski definition) is 0. The molecule has 12 heavy (non-hydrogen) atoms. The molecule has 1 aliphatic heterocycles. The summed E-state index contributed by atoms with van der Waals surface area (Å²) in [6, 6.07) is 0. The van der Waals surface area contributed by atoms with Crippen molar-refractivity contribution in [3.8, 4) is 0 Å². The highest BCUT2D eigenvalue weighted by molar-refractivity contribution is 5.72. The molecule has 0 N–H and O–H groups in total. The Labute approximate surface area is 71.4 Å². The molecule has 64 valence electrons. The number of carbonyl (C=O) groups excluding carboxylic acids is 1. The monoisotopic (exact) mass is 164 g/mol. The maximum Gasteiger partial charge on any atom is 0.168 e. The van der Waals surface area contributed by atoms with E-state index in [2.05, 4.69) is 18.8 Å². The van der Waals surface area contributed by atoms with Crippen molar-refractivity contribution >= 4 is 6.29 Å². The number of aromatic nitrogens is 2. The van der Waals surface area contributed by atoms with E-state index >= 15 is 0 Å². The SMILES string of the molecule is CC1(C)CCn2c(C=O)cnc21. The van der Waals surface area contributed by atoms with Gasteiger partial charge < -0.3 is 4.57 Å². The van der Waals surface area contributed by atoms with Gasteiger partial charge in [0.25, 0.3) is 0 Å². The van der Waals surface area contributed by atoms with Gasteiger partial charge in [-0.2, -0.15) is 0 Å².